The van der Waals surface area contributed by atoms with Crippen LogP contribution in [0.1, 0.15) is 34.1 Å². The molecular weight excluding hydrogens is 168 g/mol. The van der Waals surface area contributed by atoms with Crippen molar-refractivity contribution < 1.29 is 0 Å². The lowest BCUT2D eigenvalue weighted by Gasteiger charge is -2.24. The van der Waals surface area contributed by atoms with E-state index in [-0.39, 0.29) is 0 Å². The van der Waals surface area contributed by atoms with E-state index in [1.54, 1.807) is 16.7 Å². The van der Waals surface area contributed by atoms with E-state index < -0.39 is 0 Å². The molecule has 2 unspecified atom stereocenters. The van der Waals surface area contributed by atoms with Gasteiger partial charge in [0, 0.05) is 5.92 Å². The highest BCUT2D eigenvalue weighted by atomic mass is 14.3. The summed E-state index contributed by atoms with van der Waals surface area (Å²) in [4.78, 5) is 0. The maximum absolute atomic E-state index is 2.42. The van der Waals surface area contributed by atoms with Gasteiger partial charge in [-0.05, 0) is 36.3 Å². The molecule has 0 aromatic carbocycles. The van der Waals surface area contributed by atoms with Gasteiger partial charge in [0.1, 0.15) is 0 Å². The quantitative estimate of drug-likeness (QED) is 0.581. The molecule has 0 saturated heterocycles. The van der Waals surface area contributed by atoms with Crippen molar-refractivity contribution in [1.82, 2.24) is 0 Å². The molecule has 0 amide bonds. The minimum atomic E-state index is 0.669. The van der Waals surface area contributed by atoms with E-state index in [1.807, 2.05) is 0 Å². The minimum absolute atomic E-state index is 0.669. The molecule has 0 aromatic heterocycles. The Hall–Kier alpha value is -0.780. The van der Waals surface area contributed by atoms with Gasteiger partial charge in [0.05, 0.1) is 0 Å². The molecule has 0 saturated carbocycles. The van der Waals surface area contributed by atoms with Crippen LogP contribution in [0.2, 0.25) is 0 Å². The van der Waals surface area contributed by atoms with Crippen molar-refractivity contribution in [1.29, 1.82) is 0 Å². The molecule has 0 bridgehead atoms. The summed E-state index contributed by atoms with van der Waals surface area (Å²) in [6.45, 7) is 9.23. The lowest BCUT2D eigenvalue weighted by molar-refractivity contribution is 0.529. The number of allylic oxidation sites excluding steroid dienone is 6. The fraction of sp³-hybridized carbons (Fsp3) is 0.571. The second-order valence-electron chi connectivity index (χ2n) is 5.14. The van der Waals surface area contributed by atoms with Gasteiger partial charge < -0.3 is 0 Å². The third-order valence-electron chi connectivity index (χ3n) is 3.45. The summed E-state index contributed by atoms with van der Waals surface area (Å²) >= 11 is 0. The summed E-state index contributed by atoms with van der Waals surface area (Å²) in [7, 11) is 0. The molecule has 2 atom stereocenters. The van der Waals surface area contributed by atoms with Gasteiger partial charge in [0.15, 0.2) is 0 Å². The first-order chi connectivity index (χ1) is 6.59. The van der Waals surface area contributed by atoms with Gasteiger partial charge in [0.25, 0.3) is 0 Å². The van der Waals surface area contributed by atoms with E-state index >= 15 is 0 Å². The van der Waals surface area contributed by atoms with E-state index in [1.165, 1.54) is 6.42 Å². The molecule has 0 nitrogen and oxygen atoms in total. The monoisotopic (exact) mass is 188 g/mol. The van der Waals surface area contributed by atoms with Crippen LogP contribution in [0.15, 0.2) is 34.9 Å². The van der Waals surface area contributed by atoms with Crippen molar-refractivity contribution >= 4 is 0 Å². The maximum atomic E-state index is 2.42. The first kappa shape index (κ1) is 9.76. The zero-order valence-corrected chi connectivity index (χ0v) is 9.67. The summed E-state index contributed by atoms with van der Waals surface area (Å²) in [6, 6.07) is 0. The van der Waals surface area contributed by atoms with Crippen LogP contribution in [-0.2, 0) is 0 Å². The molecule has 2 aliphatic carbocycles. The highest BCUT2D eigenvalue weighted by Gasteiger charge is 2.27. The lowest BCUT2D eigenvalue weighted by atomic mass is 9.81. The molecule has 0 heterocycles. The Labute approximate surface area is 87.4 Å². The molecular formula is C14H20. The van der Waals surface area contributed by atoms with Crippen LogP contribution in [0.3, 0.4) is 0 Å². The highest BCUT2D eigenvalue weighted by Crippen LogP contribution is 2.40. The topological polar surface area (TPSA) is 0 Å². The molecule has 0 radical (unpaired) electrons. The molecule has 76 valence electrons. The van der Waals surface area contributed by atoms with Crippen molar-refractivity contribution in [3.05, 3.63) is 34.9 Å². The van der Waals surface area contributed by atoms with Gasteiger partial charge >= 0.3 is 0 Å². The molecule has 0 fully saturated rings. The molecule has 0 N–H and O–H groups in total. The van der Waals surface area contributed by atoms with Gasteiger partial charge in [-0.3, -0.25) is 0 Å². The Bertz CT molecular complexity index is 326. The van der Waals surface area contributed by atoms with Crippen LogP contribution in [0.4, 0.5) is 0 Å². The number of hydrogen-bond donors (Lipinski definition) is 0. The van der Waals surface area contributed by atoms with E-state index in [2.05, 4.69) is 45.9 Å². The van der Waals surface area contributed by atoms with Crippen LogP contribution in [0, 0.1) is 17.8 Å². The minimum Gasteiger partial charge on any atom is -0.0764 e. The molecule has 2 aliphatic rings. The van der Waals surface area contributed by atoms with Crippen molar-refractivity contribution in [2.24, 2.45) is 17.8 Å². The molecule has 14 heavy (non-hydrogen) atoms. The Balaban J connectivity index is 2.36. The van der Waals surface area contributed by atoms with Crippen molar-refractivity contribution in [3.8, 4) is 0 Å². The third kappa shape index (κ3) is 1.47. The standard InChI is InChI=1S/C14H20/c1-9(2)12-5-6-13-11(4)7-10(3)8-14(12)13/h5-6,8-9,11-12H,7H2,1-4H3. The van der Waals surface area contributed by atoms with E-state index in [0.717, 1.165) is 11.8 Å². The van der Waals surface area contributed by atoms with Crippen LogP contribution in [-0.4, -0.2) is 0 Å². The fourth-order valence-electron chi connectivity index (χ4n) is 2.73. The number of hydrogen-bond acceptors (Lipinski definition) is 0. The van der Waals surface area contributed by atoms with Crippen LogP contribution in [0.25, 0.3) is 0 Å². The molecule has 0 aromatic rings. The maximum Gasteiger partial charge on any atom is 0.00470 e. The molecule has 0 spiro atoms. The first-order valence-corrected chi connectivity index (χ1v) is 5.69. The van der Waals surface area contributed by atoms with Crippen molar-refractivity contribution in [3.63, 3.8) is 0 Å². The normalized spacial score (nSPS) is 31.1. The molecule has 0 heteroatoms. The summed E-state index contributed by atoms with van der Waals surface area (Å²) in [6.07, 6.45) is 8.41. The van der Waals surface area contributed by atoms with Crippen molar-refractivity contribution in [2.75, 3.05) is 0 Å². The fourth-order valence-corrected chi connectivity index (χ4v) is 2.73. The largest absolute Gasteiger partial charge is 0.0764 e. The van der Waals surface area contributed by atoms with E-state index in [4.69, 9.17) is 0 Å². The summed E-state index contributed by atoms with van der Waals surface area (Å²) in [5.74, 6) is 2.13. The van der Waals surface area contributed by atoms with Crippen molar-refractivity contribution in [2.45, 2.75) is 34.1 Å². The van der Waals surface area contributed by atoms with Gasteiger partial charge in [-0.2, -0.15) is 0 Å². The number of rotatable bonds is 1. The zero-order valence-electron chi connectivity index (χ0n) is 9.67. The smallest absolute Gasteiger partial charge is 0.00470 e. The average molecular weight is 188 g/mol. The third-order valence-corrected chi connectivity index (χ3v) is 3.45. The summed E-state index contributed by atoms with van der Waals surface area (Å²) in [5, 5.41) is 0. The Kier molecular flexibility index (Phi) is 2.38. The van der Waals surface area contributed by atoms with Gasteiger partial charge in [-0.15, -0.1) is 0 Å². The van der Waals surface area contributed by atoms with Gasteiger partial charge in [-0.1, -0.05) is 44.6 Å². The SMILES string of the molecule is CC1=CC2=C(C=CC2C(C)C)C(C)C1. The highest BCUT2D eigenvalue weighted by molar-refractivity contribution is 5.48. The second kappa shape index (κ2) is 3.42. The predicted octanol–water partition coefficient (Wildman–Crippen LogP) is 4.11. The molecule has 2 rings (SSSR count). The average Bonchev–Trinajstić information content (AvgIpc) is 2.47. The predicted molar refractivity (Wildman–Crippen MR) is 62.0 cm³/mol. The van der Waals surface area contributed by atoms with Crippen LogP contribution in [0.5, 0.6) is 0 Å². The first-order valence-electron chi connectivity index (χ1n) is 5.69. The van der Waals surface area contributed by atoms with Crippen LogP contribution >= 0.6 is 0 Å². The zero-order chi connectivity index (χ0) is 10.3. The van der Waals surface area contributed by atoms with E-state index in [9.17, 15) is 0 Å². The van der Waals surface area contributed by atoms with E-state index in [0.29, 0.717) is 5.92 Å². The summed E-state index contributed by atoms with van der Waals surface area (Å²) in [5.41, 5.74) is 4.73. The second-order valence-corrected chi connectivity index (χ2v) is 5.14. The van der Waals surface area contributed by atoms with Gasteiger partial charge in [0.2, 0.25) is 0 Å². The van der Waals surface area contributed by atoms with Gasteiger partial charge in [-0.25, -0.2) is 0 Å². The Morgan fingerprint density at radius 2 is 2.00 bits per heavy atom. The lowest BCUT2D eigenvalue weighted by Crippen LogP contribution is -2.11. The van der Waals surface area contributed by atoms with Crippen LogP contribution < -0.4 is 0 Å². The Morgan fingerprint density at radius 1 is 1.29 bits per heavy atom. The Morgan fingerprint density at radius 3 is 2.64 bits per heavy atom. The molecule has 0 aliphatic heterocycles. The summed E-state index contributed by atoms with van der Waals surface area (Å²) < 4.78 is 0.